The Kier molecular flexibility index (Phi) is 2.66. The summed E-state index contributed by atoms with van der Waals surface area (Å²) in [6, 6.07) is 1.47. The molecule has 1 saturated heterocycles. The zero-order valence-corrected chi connectivity index (χ0v) is 10.7. The number of aromatic nitrogens is 2. The van der Waals surface area contributed by atoms with Gasteiger partial charge in [0.1, 0.15) is 23.0 Å². The predicted octanol–water partition coefficient (Wildman–Crippen LogP) is 1.99. The van der Waals surface area contributed by atoms with Crippen molar-refractivity contribution in [1.82, 2.24) is 9.97 Å². The lowest BCUT2D eigenvalue weighted by Crippen LogP contribution is -2.39. The molecule has 18 heavy (non-hydrogen) atoms. The number of aliphatic carboxylic acids is 1. The van der Waals surface area contributed by atoms with E-state index in [2.05, 4.69) is 9.97 Å². The minimum Gasteiger partial charge on any atom is -0.480 e. The molecule has 2 aromatic heterocycles. The van der Waals surface area contributed by atoms with Crippen LogP contribution in [0, 0.1) is 5.92 Å². The molecule has 0 saturated carbocycles. The first-order chi connectivity index (χ1) is 8.68. The van der Waals surface area contributed by atoms with Gasteiger partial charge in [-0.3, -0.25) is 0 Å². The smallest absolute Gasteiger partial charge is 0.326 e. The van der Waals surface area contributed by atoms with E-state index in [4.69, 9.17) is 0 Å². The second-order valence-corrected chi connectivity index (χ2v) is 5.47. The van der Waals surface area contributed by atoms with Crippen molar-refractivity contribution >= 4 is 33.3 Å². The second-order valence-electron chi connectivity index (χ2n) is 4.58. The Morgan fingerprint density at radius 3 is 3.17 bits per heavy atom. The number of hydrogen-bond acceptors (Lipinski definition) is 5. The molecule has 6 heteroatoms. The Bertz CT molecular complexity index is 598. The normalized spacial score (nSPS) is 23.7. The fraction of sp³-hybridized carbons (Fsp3) is 0.417. The summed E-state index contributed by atoms with van der Waals surface area (Å²) in [5.41, 5.74) is 0. The maximum Gasteiger partial charge on any atom is 0.326 e. The van der Waals surface area contributed by atoms with Crippen molar-refractivity contribution in [3.63, 3.8) is 0 Å². The SMILES string of the molecule is CC1CCN(c2ncnc3sccc23)C1C(=O)O. The summed E-state index contributed by atoms with van der Waals surface area (Å²) in [5.74, 6) is 0.117. The molecule has 2 atom stereocenters. The van der Waals surface area contributed by atoms with Crippen molar-refractivity contribution < 1.29 is 9.90 Å². The van der Waals surface area contributed by atoms with Crippen LogP contribution in [-0.2, 0) is 4.79 Å². The number of carbonyl (C=O) groups is 1. The van der Waals surface area contributed by atoms with Gasteiger partial charge in [-0.05, 0) is 23.8 Å². The van der Waals surface area contributed by atoms with Crippen LogP contribution in [0.4, 0.5) is 5.82 Å². The maximum absolute atomic E-state index is 11.4. The van der Waals surface area contributed by atoms with E-state index in [9.17, 15) is 9.90 Å². The quantitative estimate of drug-likeness (QED) is 0.897. The average molecular weight is 263 g/mol. The molecule has 0 amide bonds. The first kappa shape index (κ1) is 11.4. The van der Waals surface area contributed by atoms with E-state index in [0.29, 0.717) is 0 Å². The zero-order chi connectivity index (χ0) is 12.7. The lowest BCUT2D eigenvalue weighted by molar-refractivity contribution is -0.139. The highest BCUT2D eigenvalue weighted by Crippen LogP contribution is 2.33. The van der Waals surface area contributed by atoms with Crippen molar-refractivity contribution in [1.29, 1.82) is 0 Å². The van der Waals surface area contributed by atoms with Crippen molar-refractivity contribution in [2.75, 3.05) is 11.4 Å². The Morgan fingerprint density at radius 2 is 2.39 bits per heavy atom. The third-order valence-corrected chi connectivity index (χ3v) is 4.29. The molecule has 1 aliphatic rings. The van der Waals surface area contributed by atoms with Crippen LogP contribution in [-0.4, -0.2) is 33.6 Å². The van der Waals surface area contributed by atoms with Crippen molar-refractivity contribution in [2.45, 2.75) is 19.4 Å². The second kappa shape index (κ2) is 4.20. The van der Waals surface area contributed by atoms with Crippen LogP contribution in [0.5, 0.6) is 0 Å². The first-order valence-corrected chi connectivity index (χ1v) is 6.74. The lowest BCUT2D eigenvalue weighted by atomic mass is 10.0. The molecule has 0 bridgehead atoms. The predicted molar refractivity (Wildman–Crippen MR) is 70.0 cm³/mol. The molecule has 2 aromatic rings. The van der Waals surface area contributed by atoms with Gasteiger partial charge in [-0.2, -0.15) is 0 Å². The molecule has 1 N–H and O–H groups in total. The molecular formula is C12H13N3O2S. The fourth-order valence-electron chi connectivity index (χ4n) is 2.57. The highest BCUT2D eigenvalue weighted by Gasteiger charge is 2.38. The van der Waals surface area contributed by atoms with Gasteiger partial charge in [-0.25, -0.2) is 14.8 Å². The molecule has 0 radical (unpaired) electrons. The molecule has 1 aliphatic heterocycles. The maximum atomic E-state index is 11.4. The topological polar surface area (TPSA) is 66.3 Å². The Balaban J connectivity index is 2.09. The Morgan fingerprint density at radius 1 is 1.56 bits per heavy atom. The third kappa shape index (κ3) is 1.64. The Hall–Kier alpha value is -1.69. The van der Waals surface area contributed by atoms with Gasteiger partial charge in [0.2, 0.25) is 0 Å². The van der Waals surface area contributed by atoms with Gasteiger partial charge in [0.15, 0.2) is 0 Å². The number of carboxylic acid groups (broad SMARTS) is 1. The van der Waals surface area contributed by atoms with Crippen LogP contribution in [0.25, 0.3) is 10.2 Å². The summed E-state index contributed by atoms with van der Waals surface area (Å²) in [6.45, 7) is 2.71. The summed E-state index contributed by atoms with van der Waals surface area (Å²) >= 11 is 1.55. The van der Waals surface area contributed by atoms with E-state index in [1.165, 1.54) is 6.33 Å². The number of anilines is 1. The van der Waals surface area contributed by atoms with Crippen molar-refractivity contribution in [3.8, 4) is 0 Å². The molecular weight excluding hydrogens is 250 g/mol. The summed E-state index contributed by atoms with van der Waals surface area (Å²) < 4.78 is 0. The zero-order valence-electron chi connectivity index (χ0n) is 9.91. The van der Waals surface area contributed by atoms with Crippen molar-refractivity contribution in [2.24, 2.45) is 5.92 Å². The number of carboxylic acids is 1. The molecule has 2 unspecified atom stereocenters. The molecule has 1 fully saturated rings. The van der Waals surface area contributed by atoms with E-state index < -0.39 is 12.0 Å². The summed E-state index contributed by atoms with van der Waals surface area (Å²) in [7, 11) is 0. The van der Waals surface area contributed by atoms with Gasteiger partial charge in [-0.1, -0.05) is 6.92 Å². The standard InChI is InChI=1S/C12H13N3O2S/c1-7-2-4-15(9(7)12(16)17)10-8-3-5-18-11(8)14-6-13-10/h3,5-7,9H,2,4H2,1H3,(H,16,17). The molecule has 0 aliphatic carbocycles. The van der Waals surface area contributed by atoms with Gasteiger partial charge in [0.05, 0.1) is 5.39 Å². The van der Waals surface area contributed by atoms with Gasteiger partial charge in [-0.15, -0.1) is 11.3 Å². The first-order valence-electron chi connectivity index (χ1n) is 5.86. The van der Waals surface area contributed by atoms with Crippen LogP contribution < -0.4 is 4.90 Å². The van der Waals surface area contributed by atoms with Gasteiger partial charge in [0, 0.05) is 6.54 Å². The molecule has 3 rings (SSSR count). The van der Waals surface area contributed by atoms with Crippen LogP contribution in [0.1, 0.15) is 13.3 Å². The minimum absolute atomic E-state index is 0.145. The summed E-state index contributed by atoms with van der Waals surface area (Å²) in [6.07, 6.45) is 2.39. The van der Waals surface area contributed by atoms with E-state index >= 15 is 0 Å². The van der Waals surface area contributed by atoms with Gasteiger partial charge >= 0.3 is 5.97 Å². The molecule has 0 aromatic carbocycles. The van der Waals surface area contributed by atoms with Crippen LogP contribution in [0.3, 0.4) is 0 Å². The summed E-state index contributed by atoms with van der Waals surface area (Å²) in [4.78, 5) is 22.7. The van der Waals surface area contributed by atoms with E-state index in [-0.39, 0.29) is 5.92 Å². The van der Waals surface area contributed by atoms with Gasteiger partial charge < -0.3 is 10.0 Å². The summed E-state index contributed by atoms with van der Waals surface area (Å²) in [5, 5.41) is 12.3. The third-order valence-electron chi connectivity index (χ3n) is 3.47. The molecule has 3 heterocycles. The van der Waals surface area contributed by atoms with Crippen LogP contribution in [0.15, 0.2) is 17.8 Å². The number of fused-ring (bicyclic) bond motifs is 1. The van der Waals surface area contributed by atoms with Crippen LogP contribution >= 0.6 is 11.3 Å². The molecule has 5 nitrogen and oxygen atoms in total. The minimum atomic E-state index is -0.776. The van der Waals surface area contributed by atoms with Crippen molar-refractivity contribution in [3.05, 3.63) is 17.8 Å². The number of thiophene rings is 1. The molecule has 94 valence electrons. The van der Waals surface area contributed by atoms with E-state index in [1.54, 1.807) is 11.3 Å². The van der Waals surface area contributed by atoms with E-state index in [1.807, 2.05) is 23.3 Å². The fourth-order valence-corrected chi connectivity index (χ4v) is 3.29. The largest absolute Gasteiger partial charge is 0.480 e. The highest BCUT2D eigenvalue weighted by atomic mass is 32.1. The number of rotatable bonds is 2. The number of hydrogen-bond donors (Lipinski definition) is 1. The average Bonchev–Trinajstić information content (AvgIpc) is 2.94. The highest BCUT2D eigenvalue weighted by molar-refractivity contribution is 7.16. The monoisotopic (exact) mass is 263 g/mol. The lowest BCUT2D eigenvalue weighted by Gasteiger charge is -2.24. The van der Waals surface area contributed by atoms with Gasteiger partial charge in [0.25, 0.3) is 0 Å². The molecule has 0 spiro atoms. The van der Waals surface area contributed by atoms with Crippen LogP contribution in [0.2, 0.25) is 0 Å². The Labute approximate surface area is 108 Å². The van der Waals surface area contributed by atoms with E-state index in [0.717, 1.165) is 29.0 Å². The number of nitrogens with zero attached hydrogens (tertiary/aromatic N) is 3.